The Balaban J connectivity index is 2.68. The summed E-state index contributed by atoms with van der Waals surface area (Å²) in [5.41, 5.74) is 0. The smallest absolute Gasteiger partial charge is 0.212 e. The highest BCUT2D eigenvalue weighted by Gasteiger charge is 2.22. The molecule has 1 aromatic rings. The highest BCUT2D eigenvalue weighted by atomic mass is 32.2. The number of hydrogen-bond acceptors (Lipinski definition) is 4. The minimum atomic E-state index is -3.40. The molecule has 1 rings (SSSR count). The minimum Gasteiger partial charge on any atom is -0.468 e. The first-order chi connectivity index (χ1) is 7.98. The number of aliphatic hydroxyl groups excluding tert-OH is 1. The predicted octanol–water partition coefficient (Wildman–Crippen LogP) is 1.28. The Morgan fingerprint density at radius 2 is 2.24 bits per heavy atom. The monoisotopic (exact) mass is 261 g/mol. The predicted molar refractivity (Wildman–Crippen MR) is 64.9 cm³/mol. The summed E-state index contributed by atoms with van der Waals surface area (Å²) in [5, 5.41) is 9.17. The summed E-state index contributed by atoms with van der Waals surface area (Å²) in [5.74, 6) is 0.560. The van der Waals surface area contributed by atoms with Crippen molar-refractivity contribution in [3.63, 3.8) is 0 Å². The molecule has 17 heavy (non-hydrogen) atoms. The van der Waals surface area contributed by atoms with Crippen molar-refractivity contribution in [1.29, 1.82) is 0 Å². The fourth-order valence-electron chi connectivity index (χ4n) is 1.43. The van der Waals surface area contributed by atoms with E-state index in [2.05, 4.69) is 4.72 Å². The molecular weight excluding hydrogens is 242 g/mol. The molecule has 0 amide bonds. The first-order valence-electron chi connectivity index (χ1n) is 5.62. The Hall–Kier alpha value is -0.850. The maximum atomic E-state index is 11.8. The average molecular weight is 261 g/mol. The standard InChI is InChI=1S/C11H19NO4S/c1-3-9(2)8-17(14,15)12-10(7-13)11-5-4-6-16-11/h4-6,9-10,12-13H,3,7-8H2,1-2H3. The molecule has 0 aliphatic carbocycles. The van der Waals surface area contributed by atoms with Gasteiger partial charge in [0, 0.05) is 0 Å². The highest BCUT2D eigenvalue weighted by molar-refractivity contribution is 7.89. The quantitative estimate of drug-likeness (QED) is 0.775. The van der Waals surface area contributed by atoms with Crippen LogP contribution in [0.5, 0.6) is 0 Å². The molecule has 0 spiro atoms. The van der Waals surface area contributed by atoms with Gasteiger partial charge in [0.2, 0.25) is 10.0 Å². The zero-order valence-corrected chi connectivity index (χ0v) is 10.9. The lowest BCUT2D eigenvalue weighted by Crippen LogP contribution is -2.34. The first kappa shape index (κ1) is 14.2. The maximum Gasteiger partial charge on any atom is 0.212 e. The molecule has 0 saturated heterocycles. The molecule has 2 unspecified atom stereocenters. The van der Waals surface area contributed by atoms with E-state index in [1.807, 2.05) is 13.8 Å². The Morgan fingerprint density at radius 1 is 1.53 bits per heavy atom. The number of nitrogens with one attached hydrogen (secondary N) is 1. The zero-order valence-electron chi connectivity index (χ0n) is 10.1. The first-order valence-corrected chi connectivity index (χ1v) is 7.28. The van der Waals surface area contributed by atoms with E-state index in [9.17, 15) is 8.42 Å². The van der Waals surface area contributed by atoms with Gasteiger partial charge in [0.1, 0.15) is 11.8 Å². The highest BCUT2D eigenvalue weighted by Crippen LogP contribution is 2.15. The molecule has 0 radical (unpaired) electrons. The van der Waals surface area contributed by atoms with Crippen LogP contribution in [0.3, 0.4) is 0 Å². The summed E-state index contributed by atoms with van der Waals surface area (Å²) in [6.45, 7) is 3.49. The molecule has 1 aromatic heterocycles. The Bertz CT molecular complexity index is 413. The van der Waals surface area contributed by atoms with Gasteiger partial charge in [-0.1, -0.05) is 20.3 Å². The third-order valence-electron chi connectivity index (χ3n) is 2.59. The van der Waals surface area contributed by atoms with Gasteiger partial charge < -0.3 is 9.52 Å². The largest absolute Gasteiger partial charge is 0.468 e. The molecule has 0 fully saturated rings. The third-order valence-corrected chi connectivity index (χ3v) is 4.24. The SMILES string of the molecule is CCC(C)CS(=O)(=O)NC(CO)c1ccco1. The molecule has 0 bridgehead atoms. The van der Waals surface area contributed by atoms with Crippen molar-refractivity contribution in [3.05, 3.63) is 24.2 Å². The Kier molecular flexibility index (Phi) is 5.17. The normalized spacial score (nSPS) is 15.7. The van der Waals surface area contributed by atoms with Crippen LogP contribution in [0.4, 0.5) is 0 Å². The molecule has 6 heteroatoms. The van der Waals surface area contributed by atoms with Gasteiger partial charge >= 0.3 is 0 Å². The van der Waals surface area contributed by atoms with Crippen LogP contribution in [0.1, 0.15) is 32.1 Å². The lowest BCUT2D eigenvalue weighted by atomic mass is 10.2. The van der Waals surface area contributed by atoms with Crippen molar-refractivity contribution in [3.8, 4) is 0 Å². The third kappa shape index (κ3) is 4.49. The Morgan fingerprint density at radius 3 is 2.71 bits per heavy atom. The van der Waals surface area contributed by atoms with E-state index in [0.717, 1.165) is 6.42 Å². The van der Waals surface area contributed by atoms with Gasteiger partial charge in [0.15, 0.2) is 0 Å². The average Bonchev–Trinajstić information content (AvgIpc) is 2.78. The van der Waals surface area contributed by atoms with E-state index in [4.69, 9.17) is 9.52 Å². The molecule has 5 nitrogen and oxygen atoms in total. The molecule has 0 saturated carbocycles. The molecule has 0 aliphatic rings. The Labute approximate surface area is 102 Å². The molecule has 0 aliphatic heterocycles. The summed E-state index contributed by atoms with van der Waals surface area (Å²) in [6, 6.07) is 2.58. The minimum absolute atomic E-state index is 0.0563. The van der Waals surface area contributed by atoms with E-state index in [1.54, 1.807) is 12.1 Å². The molecule has 2 atom stereocenters. The van der Waals surface area contributed by atoms with Crippen molar-refractivity contribution < 1.29 is 17.9 Å². The van der Waals surface area contributed by atoms with Crippen molar-refractivity contribution in [2.24, 2.45) is 5.92 Å². The van der Waals surface area contributed by atoms with Crippen molar-refractivity contribution in [2.45, 2.75) is 26.3 Å². The van der Waals surface area contributed by atoms with Crippen molar-refractivity contribution in [1.82, 2.24) is 4.72 Å². The summed E-state index contributed by atoms with van der Waals surface area (Å²) >= 11 is 0. The number of rotatable bonds is 7. The second-order valence-electron chi connectivity index (χ2n) is 4.16. The van der Waals surface area contributed by atoms with Crippen LogP contribution in [-0.4, -0.2) is 25.9 Å². The molecule has 0 aromatic carbocycles. The van der Waals surface area contributed by atoms with Crippen LogP contribution in [0, 0.1) is 5.92 Å². The van der Waals surface area contributed by atoms with Crippen LogP contribution >= 0.6 is 0 Å². The summed E-state index contributed by atoms with van der Waals surface area (Å²) < 4.78 is 31.1. The zero-order chi connectivity index (χ0) is 12.9. The van der Waals surface area contributed by atoms with E-state index in [1.165, 1.54) is 6.26 Å². The van der Waals surface area contributed by atoms with Crippen LogP contribution in [0.15, 0.2) is 22.8 Å². The van der Waals surface area contributed by atoms with E-state index < -0.39 is 16.1 Å². The number of hydrogen-bond donors (Lipinski definition) is 2. The van der Waals surface area contributed by atoms with E-state index >= 15 is 0 Å². The fourth-order valence-corrected chi connectivity index (χ4v) is 3.14. The maximum absolute atomic E-state index is 11.8. The van der Waals surface area contributed by atoms with Gasteiger partial charge in [-0.05, 0) is 18.1 Å². The van der Waals surface area contributed by atoms with Crippen LogP contribution in [0.2, 0.25) is 0 Å². The topological polar surface area (TPSA) is 79.5 Å². The van der Waals surface area contributed by atoms with Gasteiger partial charge in [-0.3, -0.25) is 0 Å². The number of sulfonamides is 1. The van der Waals surface area contributed by atoms with Gasteiger partial charge in [0.25, 0.3) is 0 Å². The number of aliphatic hydroxyl groups is 1. The number of furan rings is 1. The van der Waals surface area contributed by atoms with Crippen LogP contribution < -0.4 is 4.72 Å². The van der Waals surface area contributed by atoms with Gasteiger partial charge in [-0.25, -0.2) is 13.1 Å². The molecule has 2 N–H and O–H groups in total. The van der Waals surface area contributed by atoms with Crippen molar-refractivity contribution in [2.75, 3.05) is 12.4 Å². The summed E-state index contributed by atoms with van der Waals surface area (Å²) in [4.78, 5) is 0. The van der Waals surface area contributed by atoms with Crippen LogP contribution in [-0.2, 0) is 10.0 Å². The summed E-state index contributed by atoms with van der Waals surface area (Å²) in [6.07, 6.45) is 2.24. The van der Waals surface area contributed by atoms with Gasteiger partial charge in [-0.2, -0.15) is 0 Å². The van der Waals surface area contributed by atoms with Crippen LogP contribution in [0.25, 0.3) is 0 Å². The second kappa shape index (κ2) is 6.18. The summed E-state index contributed by atoms with van der Waals surface area (Å²) in [7, 11) is -3.40. The molecule has 1 heterocycles. The van der Waals surface area contributed by atoms with E-state index in [-0.39, 0.29) is 18.3 Å². The van der Waals surface area contributed by atoms with E-state index in [0.29, 0.717) is 5.76 Å². The second-order valence-corrected chi connectivity index (χ2v) is 5.96. The van der Waals surface area contributed by atoms with Crippen molar-refractivity contribution >= 4 is 10.0 Å². The van der Waals surface area contributed by atoms with Gasteiger partial charge in [0.05, 0.1) is 18.6 Å². The lowest BCUT2D eigenvalue weighted by Gasteiger charge is -2.16. The lowest BCUT2D eigenvalue weighted by molar-refractivity contribution is 0.241. The fraction of sp³-hybridized carbons (Fsp3) is 0.636. The molecule has 98 valence electrons. The molecular formula is C11H19NO4S. The van der Waals surface area contributed by atoms with Gasteiger partial charge in [-0.15, -0.1) is 0 Å².